The summed E-state index contributed by atoms with van der Waals surface area (Å²) in [5.74, 6) is 0. The number of para-hydroxylation sites is 1. The summed E-state index contributed by atoms with van der Waals surface area (Å²) in [5.41, 5.74) is 7.46. The Morgan fingerprint density at radius 2 is 2.11 bits per heavy atom. The van der Waals surface area contributed by atoms with Gasteiger partial charge in [-0.25, -0.2) is 0 Å². The van der Waals surface area contributed by atoms with Gasteiger partial charge in [-0.15, -0.1) is 0 Å². The van der Waals surface area contributed by atoms with Crippen LogP contribution in [0.25, 0.3) is 0 Å². The van der Waals surface area contributed by atoms with Crippen LogP contribution in [0.4, 0.5) is 5.69 Å². The Bertz CT molecular complexity index is 360. The summed E-state index contributed by atoms with van der Waals surface area (Å²) in [7, 11) is 0. The molecule has 1 saturated heterocycles. The zero-order chi connectivity index (χ0) is 13.6. The molecule has 1 unspecified atom stereocenters. The van der Waals surface area contributed by atoms with Crippen molar-refractivity contribution in [1.82, 2.24) is 0 Å². The SMILES string of the molecule is CCCCN(CC1(CN)CCOC1)c1ccccc1. The highest BCUT2D eigenvalue weighted by Crippen LogP contribution is 2.30. The monoisotopic (exact) mass is 262 g/mol. The van der Waals surface area contributed by atoms with E-state index in [1.807, 2.05) is 0 Å². The van der Waals surface area contributed by atoms with Crippen molar-refractivity contribution in [3.63, 3.8) is 0 Å². The zero-order valence-corrected chi connectivity index (χ0v) is 12.0. The Kier molecular flexibility index (Phi) is 5.23. The minimum Gasteiger partial charge on any atom is -0.381 e. The van der Waals surface area contributed by atoms with Crippen molar-refractivity contribution in [2.75, 3.05) is 37.7 Å². The maximum absolute atomic E-state index is 6.02. The molecule has 0 bridgehead atoms. The van der Waals surface area contributed by atoms with E-state index in [1.54, 1.807) is 0 Å². The molecule has 2 N–H and O–H groups in total. The van der Waals surface area contributed by atoms with Crippen LogP contribution in [-0.4, -0.2) is 32.8 Å². The topological polar surface area (TPSA) is 38.5 Å². The lowest BCUT2D eigenvalue weighted by molar-refractivity contribution is 0.157. The van der Waals surface area contributed by atoms with Crippen molar-refractivity contribution in [3.05, 3.63) is 30.3 Å². The van der Waals surface area contributed by atoms with Crippen LogP contribution in [0.5, 0.6) is 0 Å². The lowest BCUT2D eigenvalue weighted by Crippen LogP contribution is -2.43. The lowest BCUT2D eigenvalue weighted by atomic mass is 9.86. The van der Waals surface area contributed by atoms with Gasteiger partial charge in [0, 0.05) is 37.3 Å². The number of rotatable bonds is 7. The molecular formula is C16H26N2O. The lowest BCUT2D eigenvalue weighted by Gasteiger charge is -2.35. The molecule has 0 saturated carbocycles. The first kappa shape index (κ1) is 14.4. The van der Waals surface area contributed by atoms with Crippen LogP contribution in [-0.2, 0) is 4.74 Å². The van der Waals surface area contributed by atoms with E-state index in [0.717, 1.165) is 32.7 Å². The van der Waals surface area contributed by atoms with E-state index in [1.165, 1.54) is 18.5 Å². The van der Waals surface area contributed by atoms with Gasteiger partial charge in [0.15, 0.2) is 0 Å². The molecule has 1 atom stereocenters. The third kappa shape index (κ3) is 3.71. The van der Waals surface area contributed by atoms with Crippen LogP contribution in [0.2, 0.25) is 0 Å². The predicted molar refractivity (Wildman–Crippen MR) is 80.5 cm³/mol. The van der Waals surface area contributed by atoms with Crippen LogP contribution in [0.3, 0.4) is 0 Å². The van der Waals surface area contributed by atoms with Crippen molar-refractivity contribution in [2.24, 2.45) is 11.1 Å². The second-order valence-corrected chi connectivity index (χ2v) is 5.62. The first-order valence-corrected chi connectivity index (χ1v) is 7.37. The van der Waals surface area contributed by atoms with Gasteiger partial charge in [0.1, 0.15) is 0 Å². The molecule has 19 heavy (non-hydrogen) atoms. The van der Waals surface area contributed by atoms with Crippen LogP contribution < -0.4 is 10.6 Å². The number of benzene rings is 1. The van der Waals surface area contributed by atoms with Gasteiger partial charge in [-0.1, -0.05) is 31.5 Å². The van der Waals surface area contributed by atoms with Crippen molar-refractivity contribution >= 4 is 5.69 Å². The summed E-state index contributed by atoms with van der Waals surface area (Å²) in [6.07, 6.45) is 3.52. The Morgan fingerprint density at radius 3 is 2.68 bits per heavy atom. The molecule has 2 rings (SSSR count). The second kappa shape index (κ2) is 6.92. The minimum atomic E-state index is 0.142. The highest BCUT2D eigenvalue weighted by Gasteiger charge is 2.35. The van der Waals surface area contributed by atoms with Crippen LogP contribution in [0.15, 0.2) is 30.3 Å². The van der Waals surface area contributed by atoms with E-state index in [2.05, 4.69) is 42.2 Å². The fourth-order valence-electron chi connectivity index (χ4n) is 2.69. The number of nitrogens with two attached hydrogens (primary N) is 1. The van der Waals surface area contributed by atoms with Gasteiger partial charge in [-0.05, 0) is 25.0 Å². The Balaban J connectivity index is 2.09. The Morgan fingerprint density at radius 1 is 1.32 bits per heavy atom. The second-order valence-electron chi connectivity index (χ2n) is 5.62. The normalized spacial score (nSPS) is 22.6. The van der Waals surface area contributed by atoms with E-state index >= 15 is 0 Å². The zero-order valence-electron chi connectivity index (χ0n) is 12.0. The van der Waals surface area contributed by atoms with Crippen molar-refractivity contribution in [3.8, 4) is 0 Å². The number of hydrogen-bond donors (Lipinski definition) is 1. The Labute approximate surface area is 116 Å². The van der Waals surface area contributed by atoms with Crippen LogP contribution in [0, 0.1) is 5.41 Å². The molecule has 1 aromatic carbocycles. The summed E-state index contributed by atoms with van der Waals surface area (Å²) in [6, 6.07) is 10.7. The van der Waals surface area contributed by atoms with Gasteiger partial charge in [0.05, 0.1) is 6.61 Å². The summed E-state index contributed by atoms with van der Waals surface area (Å²) < 4.78 is 5.59. The van der Waals surface area contributed by atoms with E-state index in [4.69, 9.17) is 10.5 Å². The highest BCUT2D eigenvalue weighted by atomic mass is 16.5. The number of anilines is 1. The molecule has 0 aromatic heterocycles. The quantitative estimate of drug-likeness (QED) is 0.821. The fraction of sp³-hybridized carbons (Fsp3) is 0.625. The maximum atomic E-state index is 6.02. The molecule has 1 fully saturated rings. The summed E-state index contributed by atoms with van der Waals surface area (Å²) in [5, 5.41) is 0. The molecule has 0 amide bonds. The van der Waals surface area contributed by atoms with Crippen molar-refractivity contribution in [2.45, 2.75) is 26.2 Å². The molecule has 3 heteroatoms. The average Bonchev–Trinajstić information content (AvgIpc) is 2.93. The summed E-state index contributed by atoms with van der Waals surface area (Å²) in [6.45, 7) is 6.71. The Hall–Kier alpha value is -1.06. The van der Waals surface area contributed by atoms with Gasteiger partial charge in [-0.3, -0.25) is 0 Å². The maximum Gasteiger partial charge on any atom is 0.0552 e. The van der Waals surface area contributed by atoms with E-state index < -0.39 is 0 Å². The number of ether oxygens (including phenoxy) is 1. The number of unbranched alkanes of at least 4 members (excludes halogenated alkanes) is 1. The first-order valence-electron chi connectivity index (χ1n) is 7.37. The molecule has 1 aromatic rings. The summed E-state index contributed by atoms with van der Waals surface area (Å²) in [4.78, 5) is 2.48. The molecule has 3 nitrogen and oxygen atoms in total. The molecule has 0 aliphatic carbocycles. The van der Waals surface area contributed by atoms with Crippen LogP contribution >= 0.6 is 0 Å². The van der Waals surface area contributed by atoms with Crippen LogP contribution in [0.1, 0.15) is 26.2 Å². The molecule has 0 radical (unpaired) electrons. The third-order valence-corrected chi connectivity index (χ3v) is 4.05. The predicted octanol–water partition coefficient (Wildman–Crippen LogP) is 2.66. The molecule has 106 valence electrons. The molecule has 1 aliphatic rings. The number of hydrogen-bond acceptors (Lipinski definition) is 3. The van der Waals surface area contributed by atoms with Gasteiger partial charge in [0.25, 0.3) is 0 Å². The fourth-order valence-corrected chi connectivity index (χ4v) is 2.69. The largest absolute Gasteiger partial charge is 0.381 e. The van der Waals surface area contributed by atoms with Gasteiger partial charge >= 0.3 is 0 Å². The van der Waals surface area contributed by atoms with E-state index in [9.17, 15) is 0 Å². The molecular weight excluding hydrogens is 236 g/mol. The van der Waals surface area contributed by atoms with Gasteiger partial charge < -0.3 is 15.4 Å². The van der Waals surface area contributed by atoms with E-state index in [-0.39, 0.29) is 5.41 Å². The van der Waals surface area contributed by atoms with E-state index in [0.29, 0.717) is 6.54 Å². The summed E-state index contributed by atoms with van der Waals surface area (Å²) >= 11 is 0. The van der Waals surface area contributed by atoms with Gasteiger partial charge in [0.2, 0.25) is 0 Å². The average molecular weight is 262 g/mol. The smallest absolute Gasteiger partial charge is 0.0552 e. The van der Waals surface area contributed by atoms with Gasteiger partial charge in [-0.2, -0.15) is 0 Å². The molecule has 0 spiro atoms. The number of nitrogens with zero attached hydrogens (tertiary/aromatic N) is 1. The molecule has 1 heterocycles. The first-order chi connectivity index (χ1) is 9.29. The third-order valence-electron chi connectivity index (χ3n) is 4.05. The van der Waals surface area contributed by atoms with Crippen molar-refractivity contribution in [1.29, 1.82) is 0 Å². The highest BCUT2D eigenvalue weighted by molar-refractivity contribution is 5.46. The minimum absolute atomic E-state index is 0.142. The van der Waals surface area contributed by atoms with Crippen molar-refractivity contribution < 1.29 is 4.74 Å². The molecule has 1 aliphatic heterocycles. The standard InChI is InChI=1S/C16H26N2O/c1-2-3-10-18(15-7-5-4-6-8-15)13-16(12-17)9-11-19-14-16/h4-8H,2-3,9-14,17H2,1H3.